The summed E-state index contributed by atoms with van der Waals surface area (Å²) in [6, 6.07) is 13.0. The minimum Gasteiger partial charge on any atom is -0.341 e. The van der Waals surface area contributed by atoms with Crippen LogP contribution >= 0.6 is 11.3 Å². The van der Waals surface area contributed by atoms with Gasteiger partial charge in [-0.2, -0.15) is 0 Å². The summed E-state index contributed by atoms with van der Waals surface area (Å²) < 4.78 is 1.23. The quantitative estimate of drug-likeness (QED) is 0.649. The van der Waals surface area contributed by atoms with Crippen LogP contribution in [0.2, 0.25) is 0 Å². The van der Waals surface area contributed by atoms with E-state index in [1.807, 2.05) is 37.3 Å². The Morgan fingerprint density at radius 1 is 1.21 bits per heavy atom. The van der Waals surface area contributed by atoms with Crippen LogP contribution in [0.5, 0.6) is 0 Å². The molecule has 2 heterocycles. The lowest BCUT2D eigenvalue weighted by molar-refractivity contribution is -0.116. The van der Waals surface area contributed by atoms with Crippen molar-refractivity contribution < 1.29 is 9.59 Å². The molecule has 3 aromatic rings. The van der Waals surface area contributed by atoms with Gasteiger partial charge in [0.25, 0.3) is 11.5 Å². The van der Waals surface area contributed by atoms with Crippen LogP contribution in [-0.4, -0.2) is 39.9 Å². The molecular formula is C21H22N4O3S. The van der Waals surface area contributed by atoms with Gasteiger partial charge in [-0.05, 0) is 23.6 Å². The summed E-state index contributed by atoms with van der Waals surface area (Å²) in [5.74, 6) is -0.620. The van der Waals surface area contributed by atoms with Crippen molar-refractivity contribution in [2.45, 2.75) is 19.4 Å². The molecule has 0 radical (unpaired) electrons. The summed E-state index contributed by atoms with van der Waals surface area (Å²) in [7, 11) is 1.67. The molecule has 1 atom stereocenters. The fourth-order valence-corrected chi connectivity index (χ4v) is 3.55. The summed E-state index contributed by atoms with van der Waals surface area (Å²) >= 11 is 1.29. The third-order valence-electron chi connectivity index (χ3n) is 4.51. The highest BCUT2D eigenvalue weighted by Gasteiger charge is 2.19. The summed E-state index contributed by atoms with van der Waals surface area (Å²) in [5, 5.41) is 4.83. The number of aromatic nitrogens is 2. The maximum atomic E-state index is 12.8. The van der Waals surface area contributed by atoms with E-state index >= 15 is 0 Å². The normalized spacial score (nSPS) is 11.7. The molecule has 0 bridgehead atoms. The fourth-order valence-electron chi connectivity index (χ4n) is 3.01. The Kier molecular flexibility index (Phi) is 6.56. The van der Waals surface area contributed by atoms with Crippen molar-refractivity contribution in [3.05, 3.63) is 81.7 Å². The number of nitrogens with zero attached hydrogens (tertiary/aromatic N) is 3. The standard InChI is InChI=1S/C21H22N4O3S/c1-15(16-7-4-3-5-8-16)13-24(2)19(27)17-9-6-11-25(20(17)28)14-18(26)23-21-22-10-12-29-21/h3-12,15H,13-14H2,1-2H3,(H,22,23,26)/t15-/m0/s1. The second-order valence-electron chi connectivity index (χ2n) is 6.74. The largest absolute Gasteiger partial charge is 0.341 e. The monoisotopic (exact) mass is 410 g/mol. The number of benzene rings is 1. The molecule has 1 aromatic carbocycles. The highest BCUT2D eigenvalue weighted by atomic mass is 32.1. The van der Waals surface area contributed by atoms with Crippen LogP contribution in [0, 0.1) is 0 Å². The number of hydrogen-bond donors (Lipinski definition) is 1. The molecule has 0 aliphatic heterocycles. The number of pyridine rings is 1. The molecule has 8 heteroatoms. The summed E-state index contributed by atoms with van der Waals surface area (Å²) in [4.78, 5) is 43.2. The van der Waals surface area contributed by atoms with E-state index in [1.165, 1.54) is 33.1 Å². The van der Waals surface area contributed by atoms with Crippen molar-refractivity contribution in [1.29, 1.82) is 0 Å². The lowest BCUT2D eigenvalue weighted by Gasteiger charge is -2.22. The number of carbonyl (C=O) groups is 2. The average Bonchev–Trinajstić information content (AvgIpc) is 3.22. The Hall–Kier alpha value is -3.26. The van der Waals surface area contributed by atoms with E-state index in [2.05, 4.69) is 10.3 Å². The number of rotatable bonds is 7. The topological polar surface area (TPSA) is 84.3 Å². The Morgan fingerprint density at radius 2 is 1.97 bits per heavy atom. The number of nitrogens with one attached hydrogen (secondary N) is 1. The van der Waals surface area contributed by atoms with Gasteiger partial charge in [0.05, 0.1) is 0 Å². The van der Waals surface area contributed by atoms with Gasteiger partial charge in [-0.1, -0.05) is 37.3 Å². The predicted molar refractivity (Wildman–Crippen MR) is 113 cm³/mol. The van der Waals surface area contributed by atoms with Gasteiger partial charge >= 0.3 is 0 Å². The lowest BCUT2D eigenvalue weighted by Crippen LogP contribution is -2.37. The molecule has 0 saturated carbocycles. The minimum absolute atomic E-state index is 0.0392. The van der Waals surface area contributed by atoms with Gasteiger partial charge < -0.3 is 14.8 Å². The van der Waals surface area contributed by atoms with Crippen molar-refractivity contribution in [3.63, 3.8) is 0 Å². The molecule has 0 unspecified atom stereocenters. The van der Waals surface area contributed by atoms with Gasteiger partial charge in [0, 0.05) is 31.4 Å². The highest BCUT2D eigenvalue weighted by molar-refractivity contribution is 7.13. The molecule has 3 rings (SSSR count). The van der Waals surface area contributed by atoms with Crippen molar-refractivity contribution in [2.75, 3.05) is 18.9 Å². The molecule has 1 N–H and O–H groups in total. The highest BCUT2D eigenvalue weighted by Crippen LogP contribution is 2.16. The number of carbonyl (C=O) groups excluding carboxylic acids is 2. The van der Waals surface area contributed by atoms with Crippen LogP contribution in [0.1, 0.15) is 28.8 Å². The Morgan fingerprint density at radius 3 is 2.66 bits per heavy atom. The molecule has 7 nitrogen and oxygen atoms in total. The van der Waals surface area contributed by atoms with Crippen molar-refractivity contribution >= 4 is 28.3 Å². The first kappa shape index (κ1) is 20.5. The van der Waals surface area contributed by atoms with Gasteiger partial charge in [-0.25, -0.2) is 4.98 Å². The summed E-state index contributed by atoms with van der Waals surface area (Å²) in [6.45, 7) is 2.32. The minimum atomic E-state index is -0.494. The smallest absolute Gasteiger partial charge is 0.263 e. The van der Waals surface area contributed by atoms with Gasteiger partial charge in [0.1, 0.15) is 12.1 Å². The molecule has 150 valence electrons. The number of amides is 2. The van der Waals surface area contributed by atoms with Gasteiger partial charge in [0.15, 0.2) is 5.13 Å². The number of anilines is 1. The van der Waals surface area contributed by atoms with Crippen molar-refractivity contribution in [2.24, 2.45) is 0 Å². The maximum Gasteiger partial charge on any atom is 0.263 e. The number of likely N-dealkylation sites (N-methyl/N-ethyl adjacent to an activating group) is 1. The molecule has 0 fully saturated rings. The molecule has 0 spiro atoms. The predicted octanol–water partition coefficient (Wildman–Crippen LogP) is 2.82. The third kappa shape index (κ3) is 5.17. The van der Waals surface area contributed by atoms with E-state index in [4.69, 9.17) is 0 Å². The molecular weight excluding hydrogens is 388 g/mol. The molecule has 2 amide bonds. The Bertz CT molecular complexity index is 1030. The van der Waals surface area contributed by atoms with Gasteiger partial charge in [-0.3, -0.25) is 14.4 Å². The van der Waals surface area contributed by atoms with E-state index in [0.29, 0.717) is 11.7 Å². The third-order valence-corrected chi connectivity index (χ3v) is 5.19. The van der Waals surface area contributed by atoms with Crippen LogP contribution < -0.4 is 10.9 Å². The van der Waals surface area contributed by atoms with E-state index in [-0.39, 0.29) is 29.8 Å². The van der Waals surface area contributed by atoms with Crippen LogP contribution in [0.3, 0.4) is 0 Å². The zero-order valence-corrected chi connectivity index (χ0v) is 17.1. The molecule has 29 heavy (non-hydrogen) atoms. The average molecular weight is 410 g/mol. The van der Waals surface area contributed by atoms with E-state index in [1.54, 1.807) is 24.7 Å². The van der Waals surface area contributed by atoms with Crippen molar-refractivity contribution in [1.82, 2.24) is 14.5 Å². The Labute approximate surface area is 172 Å². The van der Waals surface area contributed by atoms with E-state index in [0.717, 1.165) is 5.56 Å². The maximum absolute atomic E-state index is 12.8. The summed E-state index contributed by atoms with van der Waals surface area (Å²) in [6.07, 6.45) is 3.07. The van der Waals surface area contributed by atoms with E-state index in [9.17, 15) is 14.4 Å². The van der Waals surface area contributed by atoms with Crippen molar-refractivity contribution in [3.8, 4) is 0 Å². The zero-order chi connectivity index (χ0) is 20.8. The second-order valence-corrected chi connectivity index (χ2v) is 7.63. The van der Waals surface area contributed by atoms with Gasteiger partial charge in [-0.15, -0.1) is 11.3 Å². The van der Waals surface area contributed by atoms with E-state index < -0.39 is 5.56 Å². The molecule has 0 saturated heterocycles. The number of hydrogen-bond acceptors (Lipinski definition) is 5. The SMILES string of the molecule is C[C@@H](CN(C)C(=O)c1cccn(CC(=O)Nc2nccs2)c1=O)c1ccccc1. The number of thiazole rings is 1. The van der Waals surface area contributed by atoms with Crippen LogP contribution in [0.4, 0.5) is 5.13 Å². The fraction of sp³-hybridized carbons (Fsp3) is 0.238. The van der Waals surface area contributed by atoms with Gasteiger partial charge in [0.2, 0.25) is 5.91 Å². The first-order valence-corrected chi connectivity index (χ1v) is 10.0. The van der Waals surface area contributed by atoms with Crippen LogP contribution in [0.25, 0.3) is 0 Å². The molecule has 0 aliphatic carbocycles. The Balaban J connectivity index is 1.69. The first-order valence-electron chi connectivity index (χ1n) is 9.15. The zero-order valence-electron chi connectivity index (χ0n) is 16.2. The second kappa shape index (κ2) is 9.29. The van der Waals surface area contributed by atoms with Crippen LogP contribution in [-0.2, 0) is 11.3 Å². The molecule has 2 aromatic heterocycles. The summed E-state index contributed by atoms with van der Waals surface area (Å²) in [5.41, 5.74) is 0.666. The molecule has 0 aliphatic rings. The first-order chi connectivity index (χ1) is 14.0. The lowest BCUT2D eigenvalue weighted by atomic mass is 10.0. The van der Waals surface area contributed by atoms with Crippen LogP contribution in [0.15, 0.2) is 65.0 Å².